The number of carbonyl (C=O) groups is 1. The number of rotatable bonds is 3. The van der Waals surface area contributed by atoms with Crippen LogP contribution in [0.3, 0.4) is 0 Å². The Morgan fingerprint density at radius 2 is 2.05 bits per heavy atom. The molecule has 0 aromatic heterocycles. The lowest BCUT2D eigenvalue weighted by Gasteiger charge is -2.34. The first-order valence-electron chi connectivity index (χ1n) is 8.73. The van der Waals surface area contributed by atoms with Crippen molar-refractivity contribution in [3.63, 3.8) is 0 Å². The summed E-state index contributed by atoms with van der Waals surface area (Å²) >= 11 is 0. The van der Waals surface area contributed by atoms with Crippen LogP contribution in [0, 0.1) is 5.92 Å². The van der Waals surface area contributed by atoms with Crippen molar-refractivity contribution < 1.29 is 14.3 Å². The number of nitrogens with one attached hydrogen (secondary N) is 1. The third kappa shape index (κ3) is 6.13. The van der Waals surface area contributed by atoms with Crippen molar-refractivity contribution in [3.05, 3.63) is 0 Å². The predicted octanol–water partition coefficient (Wildman–Crippen LogP) is 2.79. The highest BCUT2D eigenvalue weighted by molar-refractivity contribution is 5.68. The van der Waals surface area contributed by atoms with Gasteiger partial charge in [0.05, 0.1) is 0 Å². The van der Waals surface area contributed by atoms with Gasteiger partial charge in [-0.05, 0) is 65.3 Å². The van der Waals surface area contributed by atoms with Gasteiger partial charge in [-0.3, -0.25) is 0 Å². The number of ether oxygens (including phenoxy) is 2. The van der Waals surface area contributed by atoms with Crippen molar-refractivity contribution in [1.29, 1.82) is 0 Å². The largest absolute Gasteiger partial charge is 0.444 e. The minimum Gasteiger partial charge on any atom is -0.444 e. The third-order valence-corrected chi connectivity index (χ3v) is 4.32. The van der Waals surface area contributed by atoms with Crippen LogP contribution in [0.15, 0.2) is 0 Å². The average molecular weight is 312 g/mol. The van der Waals surface area contributed by atoms with Crippen LogP contribution in [-0.2, 0) is 9.47 Å². The standard InChI is InChI=1S/C17H32N2O3/c1-17(2,3)22-16(20)19-9-4-6-14(13-19)12-18-15-7-5-10-21-11-8-15/h14-15,18H,4-13H2,1-3H3. The van der Waals surface area contributed by atoms with E-state index in [-0.39, 0.29) is 6.09 Å². The van der Waals surface area contributed by atoms with Crippen LogP contribution >= 0.6 is 0 Å². The maximum absolute atomic E-state index is 12.2. The molecule has 2 saturated heterocycles. The molecule has 2 fully saturated rings. The average Bonchev–Trinajstić information content (AvgIpc) is 2.72. The van der Waals surface area contributed by atoms with Crippen molar-refractivity contribution in [3.8, 4) is 0 Å². The second kappa shape index (κ2) is 8.16. The van der Waals surface area contributed by atoms with Gasteiger partial charge >= 0.3 is 6.09 Å². The van der Waals surface area contributed by atoms with Crippen LogP contribution in [0.4, 0.5) is 4.79 Å². The van der Waals surface area contributed by atoms with Gasteiger partial charge in [-0.2, -0.15) is 0 Å². The molecule has 0 bridgehead atoms. The van der Waals surface area contributed by atoms with Gasteiger partial charge in [0, 0.05) is 32.3 Å². The molecule has 0 aliphatic carbocycles. The Morgan fingerprint density at radius 1 is 1.23 bits per heavy atom. The van der Waals surface area contributed by atoms with Crippen LogP contribution in [0.25, 0.3) is 0 Å². The molecule has 22 heavy (non-hydrogen) atoms. The first-order chi connectivity index (χ1) is 10.4. The van der Waals surface area contributed by atoms with Gasteiger partial charge in [0.15, 0.2) is 0 Å². The summed E-state index contributed by atoms with van der Waals surface area (Å²) in [6.45, 7) is 10.1. The summed E-state index contributed by atoms with van der Waals surface area (Å²) in [7, 11) is 0. The number of piperidine rings is 1. The number of hydrogen-bond acceptors (Lipinski definition) is 4. The van der Waals surface area contributed by atoms with Gasteiger partial charge in [0.1, 0.15) is 5.60 Å². The fraction of sp³-hybridized carbons (Fsp3) is 0.941. The van der Waals surface area contributed by atoms with Crippen molar-refractivity contribution in [1.82, 2.24) is 10.2 Å². The Hall–Kier alpha value is -0.810. The van der Waals surface area contributed by atoms with Gasteiger partial charge in [-0.15, -0.1) is 0 Å². The predicted molar refractivity (Wildman–Crippen MR) is 87.0 cm³/mol. The summed E-state index contributed by atoms with van der Waals surface area (Å²) in [4.78, 5) is 14.0. The molecule has 5 heteroatoms. The summed E-state index contributed by atoms with van der Waals surface area (Å²) < 4.78 is 11.0. The first kappa shape index (κ1) is 17.5. The minimum atomic E-state index is -0.414. The van der Waals surface area contributed by atoms with Crippen molar-refractivity contribution in [2.75, 3.05) is 32.8 Å². The van der Waals surface area contributed by atoms with E-state index in [1.54, 1.807) is 0 Å². The fourth-order valence-electron chi connectivity index (χ4n) is 3.17. The van der Waals surface area contributed by atoms with E-state index in [1.807, 2.05) is 25.7 Å². The molecule has 1 N–H and O–H groups in total. The molecule has 2 unspecified atom stereocenters. The molecule has 0 saturated carbocycles. The zero-order valence-corrected chi connectivity index (χ0v) is 14.4. The number of nitrogens with zero attached hydrogens (tertiary/aromatic N) is 1. The number of amides is 1. The molecule has 2 aliphatic heterocycles. The summed E-state index contributed by atoms with van der Waals surface area (Å²) in [6, 6.07) is 0.569. The van der Waals surface area contributed by atoms with E-state index >= 15 is 0 Å². The van der Waals surface area contributed by atoms with E-state index in [2.05, 4.69) is 5.32 Å². The van der Waals surface area contributed by atoms with E-state index < -0.39 is 5.60 Å². The van der Waals surface area contributed by atoms with Crippen LogP contribution in [0.2, 0.25) is 0 Å². The monoisotopic (exact) mass is 312 g/mol. The van der Waals surface area contributed by atoms with Crippen molar-refractivity contribution in [2.24, 2.45) is 5.92 Å². The van der Waals surface area contributed by atoms with E-state index in [0.717, 1.165) is 52.1 Å². The molecule has 1 amide bonds. The topological polar surface area (TPSA) is 50.8 Å². The van der Waals surface area contributed by atoms with Gasteiger partial charge in [0.2, 0.25) is 0 Å². The Morgan fingerprint density at radius 3 is 2.82 bits per heavy atom. The normalized spacial score (nSPS) is 27.3. The Balaban J connectivity index is 1.74. The minimum absolute atomic E-state index is 0.167. The van der Waals surface area contributed by atoms with Gasteiger partial charge < -0.3 is 19.7 Å². The first-order valence-corrected chi connectivity index (χ1v) is 8.73. The lowest BCUT2D eigenvalue weighted by Crippen LogP contribution is -2.46. The van der Waals surface area contributed by atoms with Crippen molar-refractivity contribution in [2.45, 2.75) is 64.5 Å². The lowest BCUT2D eigenvalue weighted by atomic mass is 9.97. The lowest BCUT2D eigenvalue weighted by molar-refractivity contribution is 0.0165. The molecule has 128 valence electrons. The maximum Gasteiger partial charge on any atom is 0.410 e. The molecule has 0 spiro atoms. The maximum atomic E-state index is 12.2. The van der Waals surface area contributed by atoms with E-state index in [9.17, 15) is 4.79 Å². The third-order valence-electron chi connectivity index (χ3n) is 4.32. The highest BCUT2D eigenvalue weighted by atomic mass is 16.6. The second-order valence-electron chi connectivity index (χ2n) is 7.58. The van der Waals surface area contributed by atoms with Crippen molar-refractivity contribution >= 4 is 6.09 Å². The van der Waals surface area contributed by atoms with E-state index in [0.29, 0.717) is 12.0 Å². The highest BCUT2D eigenvalue weighted by Crippen LogP contribution is 2.19. The highest BCUT2D eigenvalue weighted by Gasteiger charge is 2.27. The Bertz CT molecular complexity index is 346. The molecular formula is C17H32N2O3. The molecule has 0 aromatic rings. The molecule has 2 heterocycles. The molecule has 2 rings (SSSR count). The molecular weight excluding hydrogens is 280 g/mol. The summed E-state index contributed by atoms with van der Waals surface area (Å²) in [5.41, 5.74) is -0.414. The van der Waals surface area contributed by atoms with Gasteiger partial charge in [-0.25, -0.2) is 4.79 Å². The zero-order valence-electron chi connectivity index (χ0n) is 14.4. The molecule has 2 aliphatic rings. The van der Waals surface area contributed by atoms with E-state index in [1.165, 1.54) is 12.8 Å². The fourth-order valence-corrected chi connectivity index (χ4v) is 3.17. The SMILES string of the molecule is CC(C)(C)OC(=O)N1CCCC(CNC2CCCOCC2)C1. The number of carbonyl (C=O) groups excluding carboxylic acids is 1. The van der Waals surface area contributed by atoms with Gasteiger partial charge in [-0.1, -0.05) is 0 Å². The summed E-state index contributed by atoms with van der Waals surface area (Å²) in [6.07, 6.45) is 5.53. The van der Waals surface area contributed by atoms with Crippen LogP contribution in [0.1, 0.15) is 52.9 Å². The van der Waals surface area contributed by atoms with Crippen LogP contribution < -0.4 is 5.32 Å². The van der Waals surface area contributed by atoms with Crippen LogP contribution in [-0.4, -0.2) is 55.5 Å². The smallest absolute Gasteiger partial charge is 0.410 e. The molecule has 5 nitrogen and oxygen atoms in total. The summed E-state index contributed by atoms with van der Waals surface area (Å²) in [5, 5.41) is 3.68. The van der Waals surface area contributed by atoms with Gasteiger partial charge in [0.25, 0.3) is 0 Å². The zero-order chi connectivity index (χ0) is 16.0. The number of likely N-dealkylation sites (tertiary alicyclic amines) is 1. The summed E-state index contributed by atoms with van der Waals surface area (Å²) in [5.74, 6) is 0.533. The molecule has 0 radical (unpaired) electrons. The number of hydrogen-bond donors (Lipinski definition) is 1. The Kier molecular flexibility index (Phi) is 6.50. The second-order valence-corrected chi connectivity index (χ2v) is 7.58. The molecule has 0 aromatic carbocycles. The molecule has 2 atom stereocenters. The Labute approximate surface area is 134 Å². The van der Waals surface area contributed by atoms with Crippen LogP contribution in [0.5, 0.6) is 0 Å². The van der Waals surface area contributed by atoms with E-state index in [4.69, 9.17) is 9.47 Å². The quantitative estimate of drug-likeness (QED) is 0.870.